The monoisotopic (exact) mass is 359 g/mol. The van der Waals surface area contributed by atoms with Crippen LogP contribution >= 0.6 is 27.3 Å². The molecule has 1 N–H and O–H groups in total. The Hall–Kier alpha value is -1.05. The summed E-state index contributed by atoms with van der Waals surface area (Å²) < 4.78 is 19.4. The van der Waals surface area contributed by atoms with Crippen molar-refractivity contribution in [2.75, 3.05) is 0 Å². The van der Waals surface area contributed by atoms with E-state index in [9.17, 15) is 4.39 Å². The van der Waals surface area contributed by atoms with Gasteiger partial charge in [-0.05, 0) is 32.9 Å². The van der Waals surface area contributed by atoms with E-state index in [0.717, 1.165) is 5.01 Å². The fraction of sp³-hybridized carbons (Fsp3) is 0.385. The van der Waals surface area contributed by atoms with Gasteiger partial charge in [-0.25, -0.2) is 4.39 Å². The summed E-state index contributed by atoms with van der Waals surface area (Å²) >= 11 is 4.55. The Bertz CT molecular complexity index is 577. The molecule has 0 amide bonds. The molecule has 0 aliphatic rings. The van der Waals surface area contributed by atoms with Crippen LogP contribution in [0.2, 0.25) is 0 Å². The third kappa shape index (κ3) is 4.81. The van der Waals surface area contributed by atoms with Crippen LogP contribution in [0.15, 0.2) is 22.7 Å². The van der Waals surface area contributed by atoms with E-state index in [1.807, 2.05) is 0 Å². The molecule has 2 aromatic rings. The van der Waals surface area contributed by atoms with Gasteiger partial charge in [-0.1, -0.05) is 32.4 Å². The lowest BCUT2D eigenvalue weighted by atomic mass is 10.1. The number of halogens is 2. The predicted molar refractivity (Wildman–Crippen MR) is 80.7 cm³/mol. The highest BCUT2D eigenvalue weighted by molar-refractivity contribution is 9.10. The van der Waals surface area contributed by atoms with Crippen LogP contribution in [0.1, 0.15) is 25.8 Å². The standard InChI is InChI=1S/C13H15BrFN3OS/c1-13(2,3)16-7-11-17-18-12(20-11)19-10-5-8(14)4-9(15)6-10/h4-6,16H,7H2,1-3H3. The molecule has 0 saturated carbocycles. The fourth-order valence-electron chi connectivity index (χ4n) is 1.38. The summed E-state index contributed by atoms with van der Waals surface area (Å²) in [5.74, 6) is 0.0249. The smallest absolute Gasteiger partial charge is 0.299 e. The average Bonchev–Trinajstić information content (AvgIpc) is 2.72. The Kier molecular flexibility index (Phi) is 4.72. The molecule has 108 valence electrons. The second kappa shape index (κ2) is 6.15. The van der Waals surface area contributed by atoms with Gasteiger partial charge in [0.15, 0.2) is 0 Å². The molecule has 2 rings (SSSR count). The van der Waals surface area contributed by atoms with Gasteiger partial charge in [0.25, 0.3) is 5.19 Å². The Morgan fingerprint density at radius 3 is 2.70 bits per heavy atom. The number of ether oxygens (including phenoxy) is 1. The maximum Gasteiger partial charge on any atom is 0.299 e. The van der Waals surface area contributed by atoms with Crippen LogP contribution in [0.3, 0.4) is 0 Å². The third-order valence-corrected chi connectivity index (χ3v) is 3.52. The first-order valence-corrected chi connectivity index (χ1v) is 7.64. The number of aromatic nitrogens is 2. The van der Waals surface area contributed by atoms with Gasteiger partial charge in [-0.3, -0.25) is 0 Å². The molecular weight excluding hydrogens is 345 g/mol. The van der Waals surface area contributed by atoms with Gasteiger partial charge in [-0.15, -0.1) is 5.10 Å². The van der Waals surface area contributed by atoms with Crippen molar-refractivity contribution in [1.82, 2.24) is 15.5 Å². The molecule has 1 aromatic carbocycles. The van der Waals surface area contributed by atoms with Gasteiger partial charge in [0.2, 0.25) is 0 Å². The van der Waals surface area contributed by atoms with Crippen LogP contribution in [0.25, 0.3) is 0 Å². The van der Waals surface area contributed by atoms with Gasteiger partial charge in [-0.2, -0.15) is 0 Å². The number of benzene rings is 1. The van der Waals surface area contributed by atoms with Crippen molar-refractivity contribution in [3.05, 3.63) is 33.5 Å². The second-order valence-corrected chi connectivity index (χ2v) is 7.21. The van der Waals surface area contributed by atoms with Crippen LogP contribution in [-0.4, -0.2) is 15.7 Å². The largest absolute Gasteiger partial charge is 0.430 e. The lowest BCUT2D eigenvalue weighted by Crippen LogP contribution is -2.35. The van der Waals surface area contributed by atoms with E-state index in [4.69, 9.17) is 4.74 Å². The van der Waals surface area contributed by atoms with Crippen molar-refractivity contribution >= 4 is 27.3 Å². The van der Waals surface area contributed by atoms with Gasteiger partial charge in [0.05, 0.1) is 6.54 Å². The molecule has 0 saturated heterocycles. The van der Waals surface area contributed by atoms with Crippen molar-refractivity contribution in [2.45, 2.75) is 32.9 Å². The molecule has 1 heterocycles. The fourth-order valence-corrected chi connectivity index (χ4v) is 2.47. The highest BCUT2D eigenvalue weighted by Gasteiger charge is 2.12. The van der Waals surface area contributed by atoms with Crippen LogP contribution in [0, 0.1) is 5.82 Å². The average molecular weight is 360 g/mol. The van der Waals surface area contributed by atoms with E-state index in [0.29, 0.717) is 22.0 Å². The molecule has 0 atom stereocenters. The molecule has 0 aliphatic heterocycles. The first-order valence-electron chi connectivity index (χ1n) is 6.03. The molecule has 0 spiro atoms. The minimum atomic E-state index is -0.367. The summed E-state index contributed by atoms with van der Waals surface area (Å²) in [5.41, 5.74) is 0.0140. The number of nitrogens with one attached hydrogen (secondary N) is 1. The van der Waals surface area contributed by atoms with E-state index in [2.05, 4.69) is 52.2 Å². The summed E-state index contributed by atoms with van der Waals surface area (Å²) in [7, 11) is 0. The number of hydrogen-bond acceptors (Lipinski definition) is 5. The molecule has 0 bridgehead atoms. The zero-order valence-corrected chi connectivity index (χ0v) is 13.8. The summed E-state index contributed by atoms with van der Waals surface area (Å²) in [6.07, 6.45) is 0. The van der Waals surface area contributed by atoms with Gasteiger partial charge in [0.1, 0.15) is 16.6 Å². The summed E-state index contributed by atoms with van der Waals surface area (Å²) in [6.45, 7) is 6.86. The SMILES string of the molecule is CC(C)(C)NCc1nnc(Oc2cc(F)cc(Br)c2)s1. The molecule has 4 nitrogen and oxygen atoms in total. The molecule has 7 heteroatoms. The van der Waals surface area contributed by atoms with E-state index < -0.39 is 0 Å². The van der Waals surface area contributed by atoms with Crippen molar-refractivity contribution in [2.24, 2.45) is 0 Å². The molecule has 0 unspecified atom stereocenters. The van der Waals surface area contributed by atoms with Crippen molar-refractivity contribution in [3.63, 3.8) is 0 Å². The molecule has 0 fully saturated rings. The number of rotatable bonds is 4. The van der Waals surface area contributed by atoms with Crippen LogP contribution in [0.5, 0.6) is 10.9 Å². The van der Waals surface area contributed by atoms with Gasteiger partial charge in [0, 0.05) is 16.1 Å². The lowest BCUT2D eigenvalue weighted by molar-refractivity contribution is 0.423. The van der Waals surface area contributed by atoms with Crippen molar-refractivity contribution < 1.29 is 9.13 Å². The highest BCUT2D eigenvalue weighted by Crippen LogP contribution is 2.28. The molecule has 0 radical (unpaired) electrons. The number of hydrogen-bond donors (Lipinski definition) is 1. The molecule has 20 heavy (non-hydrogen) atoms. The summed E-state index contributed by atoms with van der Waals surface area (Å²) in [5, 5.41) is 12.5. The Balaban J connectivity index is 2.02. The Morgan fingerprint density at radius 2 is 2.05 bits per heavy atom. The van der Waals surface area contributed by atoms with Crippen molar-refractivity contribution in [3.8, 4) is 10.9 Å². The summed E-state index contributed by atoms with van der Waals surface area (Å²) in [6, 6.07) is 4.35. The van der Waals surface area contributed by atoms with Crippen LogP contribution in [0.4, 0.5) is 4.39 Å². The maximum absolute atomic E-state index is 13.2. The van der Waals surface area contributed by atoms with E-state index >= 15 is 0 Å². The first kappa shape index (κ1) is 15.3. The van der Waals surface area contributed by atoms with Gasteiger partial charge < -0.3 is 10.1 Å². The third-order valence-electron chi connectivity index (χ3n) is 2.26. The van der Waals surface area contributed by atoms with Crippen LogP contribution < -0.4 is 10.1 Å². The quantitative estimate of drug-likeness (QED) is 0.891. The zero-order chi connectivity index (χ0) is 14.8. The van der Waals surface area contributed by atoms with Gasteiger partial charge >= 0.3 is 0 Å². The van der Waals surface area contributed by atoms with E-state index in [1.54, 1.807) is 6.07 Å². The molecule has 0 aliphatic carbocycles. The lowest BCUT2D eigenvalue weighted by Gasteiger charge is -2.19. The summed E-state index contributed by atoms with van der Waals surface area (Å²) in [4.78, 5) is 0. The normalized spacial score (nSPS) is 11.7. The van der Waals surface area contributed by atoms with Crippen molar-refractivity contribution in [1.29, 1.82) is 0 Å². The Labute approximate surface area is 129 Å². The van der Waals surface area contributed by atoms with Crippen LogP contribution in [-0.2, 0) is 6.54 Å². The zero-order valence-electron chi connectivity index (χ0n) is 11.4. The topological polar surface area (TPSA) is 47.0 Å². The second-order valence-electron chi connectivity index (χ2n) is 5.27. The minimum Gasteiger partial charge on any atom is -0.430 e. The maximum atomic E-state index is 13.2. The van der Waals surface area contributed by atoms with E-state index in [-0.39, 0.29) is 11.4 Å². The van der Waals surface area contributed by atoms with E-state index in [1.165, 1.54) is 23.5 Å². The Morgan fingerprint density at radius 1 is 1.30 bits per heavy atom. The number of nitrogens with zero attached hydrogens (tertiary/aromatic N) is 2. The highest BCUT2D eigenvalue weighted by atomic mass is 79.9. The molecular formula is C13H15BrFN3OS. The predicted octanol–water partition coefficient (Wildman–Crippen LogP) is 4.12. The first-order chi connectivity index (χ1) is 9.32. The molecule has 1 aromatic heterocycles. The minimum absolute atomic E-state index is 0.0140.